The number of carbonyl (C=O) groups excluding carboxylic acids is 1. The van der Waals surface area contributed by atoms with Crippen molar-refractivity contribution < 1.29 is 4.79 Å². The molecule has 1 saturated carbocycles. The highest BCUT2D eigenvalue weighted by atomic mass is 35.5. The molecule has 5 nitrogen and oxygen atoms in total. The van der Waals surface area contributed by atoms with Gasteiger partial charge in [-0.05, 0) is 24.7 Å². The summed E-state index contributed by atoms with van der Waals surface area (Å²) in [5.74, 6) is 1.22. The maximum absolute atomic E-state index is 12.2. The van der Waals surface area contributed by atoms with E-state index in [1.165, 1.54) is 6.42 Å². The second-order valence-corrected chi connectivity index (χ2v) is 5.28. The Morgan fingerprint density at radius 1 is 1.44 bits per heavy atom. The lowest BCUT2D eigenvalue weighted by atomic mass is 9.98. The van der Waals surface area contributed by atoms with Crippen LogP contribution < -0.4 is 5.73 Å². The lowest BCUT2D eigenvalue weighted by Crippen LogP contribution is -2.33. The minimum Gasteiger partial charge on any atom is -0.338 e. The third kappa shape index (κ3) is 2.12. The Hall–Kier alpha value is -1.07. The van der Waals surface area contributed by atoms with E-state index in [1.54, 1.807) is 17.1 Å². The number of nitrogens with zero attached hydrogens (tertiary/aromatic N) is 3. The van der Waals surface area contributed by atoms with Gasteiger partial charge in [0.2, 0.25) is 0 Å². The van der Waals surface area contributed by atoms with Gasteiger partial charge in [-0.1, -0.05) is 0 Å². The molecule has 2 fully saturated rings. The SMILES string of the molecule is Cl.Cn1cc(C(=O)N2CC3CCC(N)C3C2)cn1. The van der Waals surface area contributed by atoms with Crippen molar-refractivity contribution in [3.05, 3.63) is 18.0 Å². The topological polar surface area (TPSA) is 64.2 Å². The van der Waals surface area contributed by atoms with Crippen LogP contribution in [-0.4, -0.2) is 39.7 Å². The molecule has 100 valence electrons. The number of nitrogens with two attached hydrogens (primary N) is 1. The van der Waals surface area contributed by atoms with Gasteiger partial charge in [-0.2, -0.15) is 5.10 Å². The number of amides is 1. The van der Waals surface area contributed by atoms with Crippen LogP contribution in [0.25, 0.3) is 0 Å². The van der Waals surface area contributed by atoms with Crippen molar-refractivity contribution in [2.24, 2.45) is 24.6 Å². The quantitative estimate of drug-likeness (QED) is 0.815. The van der Waals surface area contributed by atoms with Gasteiger partial charge in [0.1, 0.15) is 0 Å². The Balaban J connectivity index is 0.00000120. The van der Waals surface area contributed by atoms with Gasteiger partial charge in [-0.3, -0.25) is 9.48 Å². The summed E-state index contributed by atoms with van der Waals surface area (Å²) in [5, 5.41) is 4.04. The third-order valence-electron chi connectivity index (χ3n) is 4.15. The third-order valence-corrected chi connectivity index (χ3v) is 4.15. The van der Waals surface area contributed by atoms with Gasteiger partial charge in [-0.25, -0.2) is 0 Å². The number of halogens is 1. The average Bonchev–Trinajstić information content (AvgIpc) is 2.96. The van der Waals surface area contributed by atoms with Gasteiger partial charge in [0.25, 0.3) is 5.91 Å². The molecule has 3 rings (SSSR count). The predicted molar refractivity (Wildman–Crippen MR) is 70.5 cm³/mol. The Bertz CT molecular complexity index is 447. The first-order valence-corrected chi connectivity index (χ1v) is 6.18. The van der Waals surface area contributed by atoms with Crippen LogP contribution in [0, 0.1) is 11.8 Å². The molecule has 1 amide bonds. The van der Waals surface area contributed by atoms with Crippen molar-refractivity contribution in [1.29, 1.82) is 0 Å². The molecule has 0 radical (unpaired) electrons. The Morgan fingerprint density at radius 2 is 2.22 bits per heavy atom. The number of hydrogen-bond donors (Lipinski definition) is 1. The van der Waals surface area contributed by atoms with E-state index < -0.39 is 0 Å². The zero-order valence-electron chi connectivity index (χ0n) is 10.5. The first-order valence-electron chi connectivity index (χ1n) is 6.18. The van der Waals surface area contributed by atoms with E-state index in [0.29, 0.717) is 17.4 Å². The number of hydrogen-bond acceptors (Lipinski definition) is 3. The van der Waals surface area contributed by atoms with Gasteiger partial charge in [0.05, 0.1) is 11.8 Å². The van der Waals surface area contributed by atoms with E-state index >= 15 is 0 Å². The highest BCUT2D eigenvalue weighted by molar-refractivity contribution is 5.93. The van der Waals surface area contributed by atoms with Gasteiger partial charge in [0.15, 0.2) is 0 Å². The second-order valence-electron chi connectivity index (χ2n) is 5.28. The molecule has 2 heterocycles. The lowest BCUT2D eigenvalue weighted by Gasteiger charge is -2.17. The highest BCUT2D eigenvalue weighted by Crippen LogP contribution is 2.37. The fourth-order valence-electron chi connectivity index (χ4n) is 3.19. The molecule has 18 heavy (non-hydrogen) atoms. The van der Waals surface area contributed by atoms with Gasteiger partial charge >= 0.3 is 0 Å². The van der Waals surface area contributed by atoms with Gasteiger partial charge in [-0.15, -0.1) is 12.4 Å². The van der Waals surface area contributed by atoms with Crippen LogP contribution in [-0.2, 0) is 7.05 Å². The zero-order valence-corrected chi connectivity index (χ0v) is 11.3. The summed E-state index contributed by atoms with van der Waals surface area (Å²) in [6.45, 7) is 1.69. The van der Waals surface area contributed by atoms with E-state index in [0.717, 1.165) is 19.5 Å². The molecule has 1 saturated heterocycles. The number of carbonyl (C=O) groups is 1. The van der Waals surface area contributed by atoms with E-state index in [1.807, 2.05) is 11.9 Å². The smallest absolute Gasteiger partial charge is 0.257 e. The maximum Gasteiger partial charge on any atom is 0.257 e. The van der Waals surface area contributed by atoms with E-state index in [2.05, 4.69) is 5.10 Å². The zero-order chi connectivity index (χ0) is 12.0. The summed E-state index contributed by atoms with van der Waals surface area (Å²) in [6.07, 6.45) is 5.69. The fourth-order valence-corrected chi connectivity index (χ4v) is 3.19. The molecule has 0 spiro atoms. The lowest BCUT2D eigenvalue weighted by molar-refractivity contribution is 0.0779. The molecule has 3 atom stereocenters. The summed E-state index contributed by atoms with van der Waals surface area (Å²) < 4.78 is 1.66. The molecule has 1 aromatic heterocycles. The first-order chi connectivity index (χ1) is 8.15. The Morgan fingerprint density at radius 3 is 2.83 bits per heavy atom. The number of rotatable bonds is 1. The maximum atomic E-state index is 12.2. The van der Waals surface area contributed by atoms with Gasteiger partial charge in [0, 0.05) is 32.4 Å². The average molecular weight is 271 g/mol. The van der Waals surface area contributed by atoms with Crippen molar-refractivity contribution in [3.63, 3.8) is 0 Å². The number of aryl methyl sites for hydroxylation is 1. The van der Waals surface area contributed by atoms with Crippen LogP contribution >= 0.6 is 12.4 Å². The molecule has 1 aromatic rings. The minimum atomic E-state index is 0. The van der Waals surface area contributed by atoms with E-state index in [9.17, 15) is 4.79 Å². The second kappa shape index (κ2) is 4.90. The molecule has 2 aliphatic rings. The molecular weight excluding hydrogens is 252 g/mol. The van der Waals surface area contributed by atoms with Crippen molar-refractivity contribution >= 4 is 18.3 Å². The highest BCUT2D eigenvalue weighted by Gasteiger charge is 2.42. The largest absolute Gasteiger partial charge is 0.338 e. The first kappa shape index (κ1) is 13.4. The molecule has 1 aliphatic carbocycles. The molecule has 2 N–H and O–H groups in total. The fraction of sp³-hybridized carbons (Fsp3) is 0.667. The van der Waals surface area contributed by atoms with Crippen molar-refractivity contribution in [1.82, 2.24) is 14.7 Å². The van der Waals surface area contributed by atoms with Crippen molar-refractivity contribution in [3.8, 4) is 0 Å². The summed E-state index contributed by atoms with van der Waals surface area (Å²) in [5.41, 5.74) is 6.75. The molecule has 0 bridgehead atoms. The van der Waals surface area contributed by atoms with E-state index in [4.69, 9.17) is 5.73 Å². The summed E-state index contributed by atoms with van der Waals surface area (Å²) in [7, 11) is 1.82. The number of likely N-dealkylation sites (tertiary alicyclic amines) is 1. The van der Waals surface area contributed by atoms with Crippen LogP contribution in [0.15, 0.2) is 12.4 Å². The number of fused-ring (bicyclic) bond motifs is 1. The van der Waals surface area contributed by atoms with Crippen LogP contribution in [0.5, 0.6) is 0 Å². The van der Waals surface area contributed by atoms with E-state index in [-0.39, 0.29) is 24.4 Å². The van der Waals surface area contributed by atoms with Crippen molar-refractivity contribution in [2.45, 2.75) is 18.9 Å². The van der Waals surface area contributed by atoms with Crippen LogP contribution in [0.3, 0.4) is 0 Å². The normalized spacial score (nSPS) is 30.1. The summed E-state index contributed by atoms with van der Waals surface area (Å²) in [6, 6.07) is 0.284. The Labute approximate surface area is 113 Å². The van der Waals surface area contributed by atoms with Crippen LogP contribution in [0.2, 0.25) is 0 Å². The Kier molecular flexibility index (Phi) is 3.64. The van der Waals surface area contributed by atoms with Crippen molar-refractivity contribution in [2.75, 3.05) is 13.1 Å². The van der Waals surface area contributed by atoms with Crippen LogP contribution in [0.4, 0.5) is 0 Å². The molecular formula is C12H19ClN4O. The monoisotopic (exact) mass is 270 g/mol. The summed E-state index contributed by atoms with van der Waals surface area (Å²) in [4.78, 5) is 14.2. The molecule has 1 aliphatic heterocycles. The summed E-state index contributed by atoms with van der Waals surface area (Å²) >= 11 is 0. The molecule has 0 aromatic carbocycles. The molecule has 6 heteroatoms. The molecule has 3 unspecified atom stereocenters. The number of aromatic nitrogens is 2. The van der Waals surface area contributed by atoms with Crippen LogP contribution in [0.1, 0.15) is 23.2 Å². The standard InChI is InChI=1S/C12H18N4O.ClH/c1-15-5-9(4-14-15)12(17)16-6-8-2-3-11(13)10(8)7-16;/h4-5,8,10-11H,2-3,6-7,13H2,1H3;1H. The minimum absolute atomic E-state index is 0. The van der Waals surface area contributed by atoms with Gasteiger partial charge < -0.3 is 10.6 Å². The predicted octanol–water partition coefficient (Wildman–Crippen LogP) is 0.651.